The molecule has 61 heavy (non-hydrogen) atoms. The molecule has 0 aliphatic rings. The van der Waals surface area contributed by atoms with Crippen LogP contribution in [0.5, 0.6) is 0 Å². The lowest BCUT2D eigenvalue weighted by Crippen LogP contribution is -2.27. The van der Waals surface area contributed by atoms with Crippen molar-refractivity contribution in [1.29, 1.82) is 0 Å². The summed E-state index contributed by atoms with van der Waals surface area (Å²) in [6.45, 7) is 10.2. The Morgan fingerprint density at radius 3 is 1.59 bits per heavy atom. The van der Waals surface area contributed by atoms with Crippen LogP contribution in [0.2, 0.25) is 10.0 Å². The highest BCUT2D eigenvalue weighted by atomic mass is 35.5. The first-order chi connectivity index (χ1) is 28.8. The molecule has 6 aromatic rings. The van der Waals surface area contributed by atoms with Crippen molar-refractivity contribution < 1.29 is 43.6 Å². The number of carboxylic acids is 1. The van der Waals surface area contributed by atoms with E-state index in [4.69, 9.17) is 47.6 Å². The molecule has 0 atom stereocenters. The molecule has 0 aliphatic carbocycles. The zero-order valence-corrected chi connectivity index (χ0v) is 35.3. The summed E-state index contributed by atoms with van der Waals surface area (Å²) in [6.07, 6.45) is 12.1. The Labute approximate surface area is 359 Å². The van der Waals surface area contributed by atoms with Crippen molar-refractivity contribution in [3.8, 4) is 22.8 Å². The minimum Gasteiger partial charge on any atom is -0.478 e. The topological polar surface area (TPSA) is 233 Å². The maximum absolute atomic E-state index is 12.2. The Bertz CT molecular complexity index is 2490. The third-order valence-corrected chi connectivity index (χ3v) is 7.52. The van der Waals surface area contributed by atoms with Crippen LogP contribution in [-0.2, 0) is 37.0 Å². The van der Waals surface area contributed by atoms with Crippen molar-refractivity contribution in [2.24, 2.45) is 0 Å². The first-order valence-corrected chi connectivity index (χ1v) is 18.8. The van der Waals surface area contributed by atoms with Gasteiger partial charge in [0.1, 0.15) is 43.1 Å². The summed E-state index contributed by atoms with van der Waals surface area (Å²) in [6, 6.07) is 14.2. The van der Waals surface area contributed by atoms with E-state index in [1.165, 1.54) is 74.7 Å². The Kier molecular flexibility index (Phi) is 16.3. The number of hydrogen-bond acceptors (Lipinski definition) is 14. The molecular weight excluding hydrogens is 835 g/mol. The van der Waals surface area contributed by atoms with Crippen LogP contribution in [0.3, 0.4) is 0 Å². The average Bonchev–Trinajstić information content (AvgIpc) is 4.02. The van der Waals surface area contributed by atoms with Crippen LogP contribution in [-0.4, -0.2) is 94.2 Å². The molecule has 4 heterocycles. The number of aliphatic carboxylic acids is 1. The molecule has 4 aromatic heterocycles. The lowest BCUT2D eigenvalue weighted by Gasteiger charge is -2.20. The number of esters is 1. The van der Waals surface area contributed by atoms with Crippen LogP contribution in [0.1, 0.15) is 52.9 Å². The van der Waals surface area contributed by atoms with Gasteiger partial charge in [-0.15, -0.1) is 10.2 Å². The van der Waals surface area contributed by atoms with Crippen LogP contribution in [0.25, 0.3) is 35.2 Å². The number of imidazole rings is 2. The summed E-state index contributed by atoms with van der Waals surface area (Å²) in [4.78, 5) is 61.9. The van der Waals surface area contributed by atoms with Crippen LogP contribution in [0.15, 0.2) is 98.4 Å². The molecule has 21 heteroatoms. The summed E-state index contributed by atoms with van der Waals surface area (Å²) in [5.41, 5.74) is 1.13. The first-order valence-electron chi connectivity index (χ1n) is 18.0. The Morgan fingerprint density at radius 1 is 0.689 bits per heavy atom. The lowest BCUT2D eigenvalue weighted by atomic mass is 10.2. The number of ether oxygens (including phenoxy) is 3. The largest absolute Gasteiger partial charge is 0.478 e. The predicted molar refractivity (Wildman–Crippen MR) is 223 cm³/mol. The summed E-state index contributed by atoms with van der Waals surface area (Å²) in [7, 11) is 0. The van der Waals surface area contributed by atoms with Gasteiger partial charge in [0.05, 0.1) is 30.4 Å². The van der Waals surface area contributed by atoms with Crippen LogP contribution in [0.4, 0.5) is 9.59 Å². The van der Waals surface area contributed by atoms with E-state index in [9.17, 15) is 19.2 Å². The Hall–Kier alpha value is -6.96. The van der Waals surface area contributed by atoms with Crippen molar-refractivity contribution in [3.05, 3.63) is 120 Å². The van der Waals surface area contributed by atoms with E-state index in [1.807, 2.05) is 12.1 Å². The second-order valence-electron chi connectivity index (χ2n) is 14.3. The summed E-state index contributed by atoms with van der Waals surface area (Å²) in [5.74, 6) is -0.698. The third kappa shape index (κ3) is 15.6. The highest BCUT2D eigenvalue weighted by molar-refractivity contribution is 6.31. The molecular formula is C40H42Cl2N10O9. The van der Waals surface area contributed by atoms with Gasteiger partial charge in [-0.2, -0.15) is 0 Å². The summed E-state index contributed by atoms with van der Waals surface area (Å²) < 4.78 is 20.6. The van der Waals surface area contributed by atoms with Gasteiger partial charge < -0.3 is 24.4 Å². The van der Waals surface area contributed by atoms with Crippen molar-refractivity contribution in [2.45, 2.75) is 66.0 Å². The number of carbonyl (C=O) groups is 4. The standard InChI is InChI=1S/C20H20ClN5O4.C11H8ClN3O2.C9H14N2O3/c1-20(2,3)30-19(28)26-12-22-10-16(26)11-29-17(27)7-8-25-13-23-18(24-25)14-5-4-6-15(21)9-14;12-9-3-1-2-8(6-9)11-13-7-15(14-11)5-4-10(16)17;1-9(2,3)14-8(13)11-6-10-4-7(11)5-12/h4-10,12-13H,11H2,1-3H3;1-7H,(H,16,17);4,6,12H,5H2,1-3H3/b8-7-;5-4-;. The fourth-order valence-electron chi connectivity index (χ4n) is 4.50. The number of carbonyl (C=O) groups excluding carboxylic acids is 3. The van der Waals surface area contributed by atoms with Crippen molar-refractivity contribution in [3.63, 3.8) is 0 Å². The molecule has 2 N–H and O–H groups in total. The molecule has 6 rings (SSSR count). The third-order valence-electron chi connectivity index (χ3n) is 7.05. The van der Waals surface area contributed by atoms with Crippen LogP contribution >= 0.6 is 23.2 Å². The van der Waals surface area contributed by atoms with E-state index in [0.29, 0.717) is 33.1 Å². The number of hydrogen-bond donors (Lipinski definition) is 2. The molecule has 0 spiro atoms. The number of aromatic nitrogens is 10. The quantitative estimate of drug-likeness (QED) is 0.0837. The predicted octanol–water partition coefficient (Wildman–Crippen LogP) is 7.10. The maximum atomic E-state index is 12.2. The lowest BCUT2D eigenvalue weighted by molar-refractivity contribution is -0.139. The molecule has 0 aliphatic heterocycles. The van der Waals surface area contributed by atoms with Crippen molar-refractivity contribution in [2.75, 3.05) is 0 Å². The zero-order chi connectivity index (χ0) is 44.7. The van der Waals surface area contributed by atoms with E-state index in [2.05, 4.69) is 30.1 Å². The molecule has 0 unspecified atom stereocenters. The molecule has 0 fully saturated rings. The average molecular weight is 878 g/mol. The van der Waals surface area contributed by atoms with Gasteiger partial charge in [0.25, 0.3) is 0 Å². The fraction of sp³-hybridized carbons (Fsp3) is 0.250. The van der Waals surface area contributed by atoms with E-state index >= 15 is 0 Å². The minimum absolute atomic E-state index is 0.145. The van der Waals surface area contributed by atoms with Gasteiger partial charge in [0.15, 0.2) is 11.6 Å². The second-order valence-corrected chi connectivity index (χ2v) is 15.2. The summed E-state index contributed by atoms with van der Waals surface area (Å²) >= 11 is 11.8. The van der Waals surface area contributed by atoms with Gasteiger partial charge >= 0.3 is 24.1 Å². The van der Waals surface area contributed by atoms with E-state index in [0.717, 1.165) is 17.2 Å². The maximum Gasteiger partial charge on any atom is 0.420 e. The zero-order valence-electron chi connectivity index (χ0n) is 33.8. The SMILES string of the molecule is CC(C)(C)OC(=O)n1cncc1CO.CC(C)(C)OC(=O)n1cncc1COC(=O)/C=C\n1cnc(-c2cccc(Cl)c2)n1.O=C(O)/C=C\n1cnc(-c2cccc(Cl)c2)n1. The molecule has 0 amide bonds. The number of halogens is 2. The number of rotatable bonds is 9. The Balaban J connectivity index is 0.000000223. The van der Waals surface area contributed by atoms with E-state index in [1.54, 1.807) is 77.9 Å². The van der Waals surface area contributed by atoms with Gasteiger partial charge in [0.2, 0.25) is 0 Å². The number of benzene rings is 2. The van der Waals surface area contributed by atoms with Gasteiger partial charge in [-0.1, -0.05) is 47.5 Å². The highest BCUT2D eigenvalue weighted by Gasteiger charge is 2.21. The van der Waals surface area contributed by atoms with E-state index < -0.39 is 35.3 Å². The number of carboxylic acid groups (broad SMARTS) is 1. The van der Waals surface area contributed by atoms with Crippen molar-refractivity contribution in [1.82, 2.24) is 48.6 Å². The molecule has 320 valence electrons. The van der Waals surface area contributed by atoms with E-state index in [-0.39, 0.29) is 13.2 Å². The highest BCUT2D eigenvalue weighted by Crippen LogP contribution is 2.20. The molecule has 0 bridgehead atoms. The molecule has 0 saturated carbocycles. The molecule has 2 aromatic carbocycles. The van der Waals surface area contributed by atoms with Crippen LogP contribution < -0.4 is 0 Å². The van der Waals surface area contributed by atoms with Gasteiger partial charge in [-0.3, -0.25) is 0 Å². The van der Waals surface area contributed by atoms with Crippen molar-refractivity contribution >= 4 is 59.7 Å². The Morgan fingerprint density at radius 2 is 1.15 bits per heavy atom. The van der Waals surface area contributed by atoms with Gasteiger partial charge in [-0.25, -0.2) is 57.6 Å². The van der Waals surface area contributed by atoms with Crippen LogP contribution in [0, 0.1) is 0 Å². The minimum atomic E-state index is -1.04. The fourth-order valence-corrected chi connectivity index (χ4v) is 4.88. The van der Waals surface area contributed by atoms with Gasteiger partial charge in [-0.05, 0) is 65.8 Å². The number of nitrogens with zero attached hydrogens (tertiary/aromatic N) is 10. The van der Waals surface area contributed by atoms with Gasteiger partial charge in [0, 0.05) is 45.7 Å². The normalized spacial score (nSPS) is 11.4. The molecule has 0 saturated heterocycles. The molecule has 0 radical (unpaired) electrons. The first kappa shape index (κ1) is 46.7. The second kappa shape index (κ2) is 21.3. The molecule has 19 nitrogen and oxygen atoms in total. The number of aliphatic hydroxyl groups excluding tert-OH is 1. The monoisotopic (exact) mass is 876 g/mol. The smallest absolute Gasteiger partial charge is 0.420 e. The number of aliphatic hydroxyl groups is 1. The summed E-state index contributed by atoms with van der Waals surface area (Å²) in [5, 5.41) is 26.9.